The van der Waals surface area contributed by atoms with Crippen LogP contribution in [0.3, 0.4) is 0 Å². The van der Waals surface area contributed by atoms with E-state index in [4.69, 9.17) is 9.47 Å². The van der Waals surface area contributed by atoms with Gasteiger partial charge < -0.3 is 14.8 Å². The van der Waals surface area contributed by atoms with E-state index in [0.717, 1.165) is 5.56 Å². The molecule has 0 atom stereocenters. The van der Waals surface area contributed by atoms with Gasteiger partial charge in [-0.1, -0.05) is 18.2 Å². The molecule has 1 N–H and O–H groups in total. The molecule has 0 unspecified atom stereocenters. The number of nitrogens with one attached hydrogen (secondary N) is 1. The maximum absolute atomic E-state index is 12.4. The van der Waals surface area contributed by atoms with Crippen LogP contribution in [0.25, 0.3) is 0 Å². The number of para-hydroxylation sites is 1. The van der Waals surface area contributed by atoms with Gasteiger partial charge in [0.2, 0.25) is 0 Å². The van der Waals surface area contributed by atoms with Crippen molar-refractivity contribution < 1.29 is 19.2 Å². The number of carbonyl (C=O) groups is 1. The molecule has 0 aromatic heterocycles. The number of benzene rings is 2. The molecular weight excluding hydrogens is 348 g/mol. The predicted molar refractivity (Wildman–Crippen MR) is 103 cm³/mol. The van der Waals surface area contributed by atoms with Crippen molar-refractivity contribution in [2.75, 3.05) is 19.8 Å². The molecule has 2 rings (SSSR count). The zero-order valence-electron chi connectivity index (χ0n) is 15.8. The van der Waals surface area contributed by atoms with Crippen molar-refractivity contribution in [2.24, 2.45) is 0 Å². The van der Waals surface area contributed by atoms with E-state index in [0.29, 0.717) is 43.2 Å². The molecule has 144 valence electrons. The molecule has 0 aliphatic rings. The Morgan fingerprint density at radius 2 is 1.81 bits per heavy atom. The molecule has 0 saturated carbocycles. The topological polar surface area (TPSA) is 90.7 Å². The van der Waals surface area contributed by atoms with Gasteiger partial charge in [-0.2, -0.15) is 0 Å². The van der Waals surface area contributed by atoms with Gasteiger partial charge in [0.25, 0.3) is 11.6 Å². The molecular formula is C20H24N2O5. The van der Waals surface area contributed by atoms with Crippen LogP contribution in [0.5, 0.6) is 11.5 Å². The Kier molecular flexibility index (Phi) is 7.16. The van der Waals surface area contributed by atoms with Crippen LogP contribution < -0.4 is 14.8 Å². The van der Waals surface area contributed by atoms with E-state index in [1.807, 2.05) is 32.0 Å². The lowest BCUT2D eigenvalue weighted by Gasteiger charge is -2.13. The monoisotopic (exact) mass is 372 g/mol. The third-order valence-corrected chi connectivity index (χ3v) is 3.97. The fraction of sp³-hybridized carbons (Fsp3) is 0.350. The fourth-order valence-electron chi connectivity index (χ4n) is 2.75. The van der Waals surface area contributed by atoms with Crippen LogP contribution in [0.1, 0.15) is 35.3 Å². The number of amides is 1. The van der Waals surface area contributed by atoms with Crippen molar-refractivity contribution in [1.82, 2.24) is 5.32 Å². The molecule has 1 amide bonds. The van der Waals surface area contributed by atoms with E-state index in [9.17, 15) is 14.9 Å². The maximum Gasteiger partial charge on any atom is 0.285 e. The Balaban J connectivity index is 2.04. The van der Waals surface area contributed by atoms with Crippen molar-refractivity contribution in [3.63, 3.8) is 0 Å². The summed E-state index contributed by atoms with van der Waals surface area (Å²) in [6.07, 6.45) is 0.567. The van der Waals surface area contributed by atoms with Crippen LogP contribution in [-0.2, 0) is 6.42 Å². The fourth-order valence-corrected chi connectivity index (χ4v) is 2.75. The zero-order valence-corrected chi connectivity index (χ0v) is 15.8. The van der Waals surface area contributed by atoms with E-state index >= 15 is 0 Å². The standard InChI is InChI=1S/C20H24N2O5/c1-4-26-17-10-9-15(13-18(17)27-5-2)11-12-21-20(23)16-8-6-7-14(3)19(16)22(24)25/h6-10,13H,4-5,11-12H2,1-3H3,(H,21,23). The number of nitrogens with zero attached hydrogens (tertiary/aromatic N) is 1. The van der Waals surface area contributed by atoms with Gasteiger partial charge in [0.1, 0.15) is 5.56 Å². The number of ether oxygens (including phenoxy) is 2. The first-order valence-electron chi connectivity index (χ1n) is 8.88. The summed E-state index contributed by atoms with van der Waals surface area (Å²) in [5.74, 6) is 0.890. The van der Waals surface area contributed by atoms with Gasteiger partial charge in [-0.05, 0) is 51.0 Å². The van der Waals surface area contributed by atoms with Crippen LogP contribution in [0.15, 0.2) is 36.4 Å². The first-order valence-corrected chi connectivity index (χ1v) is 8.88. The highest BCUT2D eigenvalue weighted by Gasteiger charge is 2.21. The third-order valence-electron chi connectivity index (χ3n) is 3.97. The van der Waals surface area contributed by atoms with Gasteiger partial charge in [0, 0.05) is 12.1 Å². The number of aryl methyl sites for hydroxylation is 1. The summed E-state index contributed by atoms with van der Waals surface area (Å²) >= 11 is 0. The van der Waals surface area contributed by atoms with Crippen LogP contribution in [-0.4, -0.2) is 30.6 Å². The van der Waals surface area contributed by atoms with Gasteiger partial charge in [-0.25, -0.2) is 0 Å². The van der Waals surface area contributed by atoms with Crippen LogP contribution in [0.4, 0.5) is 5.69 Å². The zero-order chi connectivity index (χ0) is 19.8. The van der Waals surface area contributed by atoms with Crippen molar-refractivity contribution in [1.29, 1.82) is 0 Å². The molecule has 0 heterocycles. The highest BCUT2D eigenvalue weighted by molar-refractivity contribution is 5.98. The lowest BCUT2D eigenvalue weighted by Crippen LogP contribution is -2.26. The van der Waals surface area contributed by atoms with E-state index in [1.54, 1.807) is 19.1 Å². The van der Waals surface area contributed by atoms with Crippen LogP contribution >= 0.6 is 0 Å². The van der Waals surface area contributed by atoms with Gasteiger partial charge in [0.05, 0.1) is 18.1 Å². The van der Waals surface area contributed by atoms with Gasteiger partial charge in [-0.3, -0.25) is 14.9 Å². The molecule has 7 heteroatoms. The average molecular weight is 372 g/mol. The Bertz CT molecular complexity index is 820. The van der Waals surface area contributed by atoms with E-state index in [-0.39, 0.29) is 11.3 Å². The van der Waals surface area contributed by atoms with E-state index < -0.39 is 10.8 Å². The third kappa shape index (κ3) is 5.20. The molecule has 2 aromatic rings. The number of carbonyl (C=O) groups excluding carboxylic acids is 1. The molecule has 27 heavy (non-hydrogen) atoms. The predicted octanol–water partition coefficient (Wildman–Crippen LogP) is 3.67. The Morgan fingerprint density at radius 3 is 2.48 bits per heavy atom. The minimum absolute atomic E-state index is 0.0710. The Labute approximate surface area is 158 Å². The van der Waals surface area contributed by atoms with Gasteiger partial charge in [-0.15, -0.1) is 0 Å². The van der Waals surface area contributed by atoms with Gasteiger partial charge >= 0.3 is 0 Å². The summed E-state index contributed by atoms with van der Waals surface area (Å²) in [4.78, 5) is 23.1. The van der Waals surface area contributed by atoms with E-state index in [2.05, 4.69) is 5.32 Å². The molecule has 2 aromatic carbocycles. The van der Waals surface area contributed by atoms with Crippen molar-refractivity contribution in [3.8, 4) is 11.5 Å². The van der Waals surface area contributed by atoms with Gasteiger partial charge in [0.15, 0.2) is 11.5 Å². The normalized spacial score (nSPS) is 10.3. The highest BCUT2D eigenvalue weighted by Crippen LogP contribution is 2.28. The number of hydrogen-bond acceptors (Lipinski definition) is 5. The summed E-state index contributed by atoms with van der Waals surface area (Å²) in [5, 5.41) is 14.0. The molecule has 0 bridgehead atoms. The first kappa shape index (κ1) is 20.2. The summed E-state index contributed by atoms with van der Waals surface area (Å²) < 4.78 is 11.1. The summed E-state index contributed by atoms with van der Waals surface area (Å²) in [5.41, 5.74) is 1.35. The number of hydrogen-bond donors (Lipinski definition) is 1. The van der Waals surface area contributed by atoms with Crippen LogP contribution in [0, 0.1) is 17.0 Å². The number of nitro benzene ring substituents is 1. The molecule has 7 nitrogen and oxygen atoms in total. The van der Waals surface area contributed by atoms with E-state index in [1.165, 1.54) is 6.07 Å². The summed E-state index contributed by atoms with van der Waals surface area (Å²) in [6.45, 7) is 6.84. The van der Waals surface area contributed by atoms with Crippen molar-refractivity contribution in [2.45, 2.75) is 27.2 Å². The molecule has 0 saturated heterocycles. The van der Waals surface area contributed by atoms with Crippen LogP contribution in [0.2, 0.25) is 0 Å². The second-order valence-corrected chi connectivity index (χ2v) is 5.88. The molecule has 0 spiro atoms. The summed E-state index contributed by atoms with van der Waals surface area (Å²) in [7, 11) is 0. The lowest BCUT2D eigenvalue weighted by molar-refractivity contribution is -0.385. The second kappa shape index (κ2) is 9.56. The summed E-state index contributed by atoms with van der Waals surface area (Å²) in [6, 6.07) is 10.4. The number of nitro groups is 1. The van der Waals surface area contributed by atoms with Crippen molar-refractivity contribution in [3.05, 3.63) is 63.2 Å². The second-order valence-electron chi connectivity index (χ2n) is 5.88. The Hall–Kier alpha value is -3.09. The minimum atomic E-state index is -0.523. The smallest absolute Gasteiger partial charge is 0.285 e. The first-order chi connectivity index (χ1) is 13.0. The molecule has 0 fully saturated rings. The van der Waals surface area contributed by atoms with Crippen molar-refractivity contribution >= 4 is 11.6 Å². The maximum atomic E-state index is 12.4. The lowest BCUT2D eigenvalue weighted by atomic mass is 10.1. The molecule has 0 aliphatic carbocycles. The number of rotatable bonds is 9. The minimum Gasteiger partial charge on any atom is -0.490 e. The largest absolute Gasteiger partial charge is 0.490 e. The average Bonchev–Trinajstić information content (AvgIpc) is 2.63. The molecule has 0 aliphatic heterocycles. The molecule has 0 radical (unpaired) electrons. The highest BCUT2D eigenvalue weighted by atomic mass is 16.6. The SMILES string of the molecule is CCOc1ccc(CCNC(=O)c2cccc(C)c2[N+](=O)[O-])cc1OCC. The quantitative estimate of drug-likeness (QED) is 0.536. The Morgan fingerprint density at radius 1 is 1.11 bits per heavy atom.